The van der Waals surface area contributed by atoms with Crippen LogP contribution >= 0.6 is 0 Å². The quantitative estimate of drug-likeness (QED) is 0.527. The molecule has 0 radical (unpaired) electrons. The summed E-state index contributed by atoms with van der Waals surface area (Å²) in [6.07, 6.45) is 9.64. The molecule has 4 rings (SSSR count). The van der Waals surface area contributed by atoms with Gasteiger partial charge in [0.05, 0.1) is 30.1 Å². The van der Waals surface area contributed by atoms with E-state index in [2.05, 4.69) is 0 Å². The Bertz CT molecular complexity index is 985. The van der Waals surface area contributed by atoms with E-state index in [9.17, 15) is 19.5 Å². The summed E-state index contributed by atoms with van der Waals surface area (Å²) in [5.41, 5.74) is -2.74. The number of hydrogen-bond donors (Lipinski definition) is 1. The number of nitrogens with zero attached hydrogens (tertiary/aromatic N) is 3. The Kier molecular flexibility index (Phi) is 7.40. The summed E-state index contributed by atoms with van der Waals surface area (Å²) in [5, 5.41) is 10.5. The van der Waals surface area contributed by atoms with Crippen molar-refractivity contribution >= 4 is 17.7 Å². The predicted octanol–water partition coefficient (Wildman–Crippen LogP) is 2.76. The fraction of sp³-hybridized carbons (Fsp3) is 0.759. The molecular formula is C29H45N3O5. The lowest BCUT2D eigenvalue weighted by Gasteiger charge is -2.43. The monoisotopic (exact) mass is 515 g/mol. The number of amides is 3. The fourth-order valence-electron chi connectivity index (χ4n) is 7.04. The lowest BCUT2D eigenvalue weighted by Crippen LogP contribution is -2.61. The number of aliphatic hydroxyl groups excluding tert-OH is 1. The van der Waals surface area contributed by atoms with Gasteiger partial charge in [-0.2, -0.15) is 0 Å². The van der Waals surface area contributed by atoms with E-state index < -0.39 is 40.7 Å². The zero-order valence-corrected chi connectivity index (χ0v) is 23.6. The second-order valence-corrected chi connectivity index (χ2v) is 12.5. The molecule has 206 valence electrons. The maximum Gasteiger partial charge on any atom is 0.249 e. The van der Waals surface area contributed by atoms with Crippen LogP contribution in [0.2, 0.25) is 0 Å². The van der Waals surface area contributed by atoms with Gasteiger partial charge in [0.2, 0.25) is 17.7 Å². The smallest absolute Gasteiger partial charge is 0.249 e. The van der Waals surface area contributed by atoms with Gasteiger partial charge in [0, 0.05) is 25.2 Å². The second-order valence-electron chi connectivity index (χ2n) is 12.5. The lowest BCUT2D eigenvalue weighted by atomic mass is 9.73. The molecule has 0 aromatic carbocycles. The van der Waals surface area contributed by atoms with E-state index >= 15 is 0 Å². The summed E-state index contributed by atoms with van der Waals surface area (Å²) in [5.74, 6) is -1.92. The molecule has 3 amide bonds. The predicted molar refractivity (Wildman–Crippen MR) is 141 cm³/mol. The van der Waals surface area contributed by atoms with Crippen LogP contribution in [0.5, 0.6) is 0 Å². The topological polar surface area (TPSA) is 90.4 Å². The number of fused-ring (bicyclic) bond motifs is 2. The molecule has 6 atom stereocenters. The highest BCUT2D eigenvalue weighted by Crippen LogP contribution is 2.59. The molecule has 1 unspecified atom stereocenters. The minimum Gasteiger partial charge on any atom is -0.394 e. The van der Waals surface area contributed by atoms with Crippen molar-refractivity contribution in [3.8, 4) is 0 Å². The van der Waals surface area contributed by atoms with Crippen molar-refractivity contribution in [2.45, 2.75) is 96.6 Å². The fourth-order valence-corrected chi connectivity index (χ4v) is 7.04. The van der Waals surface area contributed by atoms with Crippen molar-refractivity contribution in [3.05, 3.63) is 24.3 Å². The van der Waals surface area contributed by atoms with Crippen molar-refractivity contribution in [1.82, 2.24) is 14.7 Å². The third kappa shape index (κ3) is 4.24. The SMILES string of the molecule is CCCN1CC=C[C@@]2(CC)O[C@]34C=CCN(C(C)(C)C)C(=O)C3N([C@@H](CO)CC(C)C)C(=O)[C@@H]4[C@H]2C1=O. The Morgan fingerprint density at radius 1 is 1.03 bits per heavy atom. The molecular weight excluding hydrogens is 470 g/mol. The number of hydrogen-bond acceptors (Lipinski definition) is 5. The van der Waals surface area contributed by atoms with Crippen LogP contribution in [0.1, 0.15) is 67.7 Å². The Morgan fingerprint density at radius 2 is 1.70 bits per heavy atom. The van der Waals surface area contributed by atoms with E-state index in [1.54, 1.807) is 9.80 Å². The number of ether oxygens (including phenoxy) is 1. The highest BCUT2D eigenvalue weighted by atomic mass is 16.5. The lowest BCUT2D eigenvalue weighted by molar-refractivity contribution is -0.160. The van der Waals surface area contributed by atoms with Crippen molar-refractivity contribution in [2.75, 3.05) is 26.2 Å². The summed E-state index contributed by atoms with van der Waals surface area (Å²) >= 11 is 0. The molecule has 2 fully saturated rings. The molecule has 37 heavy (non-hydrogen) atoms. The van der Waals surface area contributed by atoms with Crippen LogP contribution in [0.4, 0.5) is 0 Å². The van der Waals surface area contributed by atoms with Gasteiger partial charge in [-0.05, 0) is 46.0 Å². The van der Waals surface area contributed by atoms with E-state index in [-0.39, 0.29) is 30.2 Å². The molecule has 2 saturated heterocycles. The molecule has 0 aromatic heterocycles. The molecule has 0 aliphatic carbocycles. The van der Waals surface area contributed by atoms with Gasteiger partial charge >= 0.3 is 0 Å². The Labute approximate surface area is 221 Å². The van der Waals surface area contributed by atoms with Crippen molar-refractivity contribution < 1.29 is 24.2 Å². The van der Waals surface area contributed by atoms with Gasteiger partial charge in [-0.25, -0.2) is 0 Å². The zero-order valence-electron chi connectivity index (χ0n) is 23.6. The maximum atomic E-state index is 14.5. The van der Waals surface area contributed by atoms with Crippen LogP contribution < -0.4 is 0 Å². The zero-order chi connectivity index (χ0) is 27.3. The van der Waals surface area contributed by atoms with E-state index in [1.165, 1.54) is 0 Å². The summed E-state index contributed by atoms with van der Waals surface area (Å²) in [4.78, 5) is 48.2. The summed E-state index contributed by atoms with van der Waals surface area (Å²) in [6.45, 7) is 15.2. The van der Waals surface area contributed by atoms with Gasteiger partial charge in [0.1, 0.15) is 11.6 Å². The standard InChI is InChI=1S/C29H45N3O5/c1-8-14-30-15-10-12-28(9-2)21(24(30)34)22-25(35)32(20(18-33)17-19(3)4)23-26(36)31(27(5,6)7)16-11-13-29(22,23)37-28/h10-13,19-23,33H,8-9,14-18H2,1-7H3/t20-,21+,22+,23?,28-,29+/m1/s1. The van der Waals surface area contributed by atoms with Crippen molar-refractivity contribution in [3.63, 3.8) is 0 Å². The first kappa shape index (κ1) is 27.8. The molecule has 0 saturated carbocycles. The Morgan fingerprint density at radius 3 is 2.27 bits per heavy atom. The number of likely N-dealkylation sites (tertiary alicyclic amines) is 1. The molecule has 1 spiro atoms. The molecule has 4 heterocycles. The minimum atomic E-state index is -1.28. The van der Waals surface area contributed by atoms with E-state index in [4.69, 9.17) is 4.74 Å². The van der Waals surface area contributed by atoms with Crippen LogP contribution in [0.25, 0.3) is 0 Å². The second kappa shape index (κ2) is 9.84. The molecule has 4 aliphatic heterocycles. The summed E-state index contributed by atoms with van der Waals surface area (Å²) < 4.78 is 6.99. The number of aliphatic hydroxyl groups is 1. The molecule has 8 heteroatoms. The van der Waals surface area contributed by atoms with E-state index in [1.807, 2.05) is 77.7 Å². The highest BCUT2D eigenvalue weighted by Gasteiger charge is 2.76. The average molecular weight is 516 g/mol. The third-order valence-electron chi connectivity index (χ3n) is 8.61. The van der Waals surface area contributed by atoms with Crippen LogP contribution in [0.15, 0.2) is 24.3 Å². The summed E-state index contributed by atoms with van der Waals surface area (Å²) in [7, 11) is 0. The van der Waals surface area contributed by atoms with Gasteiger partial charge in [-0.15, -0.1) is 0 Å². The Hall–Kier alpha value is -2.19. The molecule has 0 bridgehead atoms. The van der Waals surface area contributed by atoms with Gasteiger partial charge < -0.3 is 24.5 Å². The van der Waals surface area contributed by atoms with Crippen LogP contribution in [0.3, 0.4) is 0 Å². The average Bonchev–Trinajstić information content (AvgIpc) is 3.12. The van der Waals surface area contributed by atoms with E-state index in [0.29, 0.717) is 32.5 Å². The van der Waals surface area contributed by atoms with Crippen molar-refractivity contribution in [2.24, 2.45) is 17.8 Å². The molecule has 8 nitrogen and oxygen atoms in total. The molecule has 4 aliphatic rings. The van der Waals surface area contributed by atoms with Gasteiger partial charge in [0.15, 0.2) is 0 Å². The summed E-state index contributed by atoms with van der Waals surface area (Å²) in [6, 6.07) is -1.49. The number of rotatable bonds is 7. The van der Waals surface area contributed by atoms with Crippen molar-refractivity contribution in [1.29, 1.82) is 0 Å². The van der Waals surface area contributed by atoms with Crippen LogP contribution in [0, 0.1) is 17.8 Å². The van der Waals surface area contributed by atoms with Crippen LogP contribution in [-0.2, 0) is 19.1 Å². The normalized spacial score (nSPS) is 34.6. The van der Waals surface area contributed by atoms with E-state index in [0.717, 1.165) is 6.42 Å². The first-order valence-electron chi connectivity index (χ1n) is 14.0. The molecule has 0 aromatic rings. The highest BCUT2D eigenvalue weighted by molar-refractivity contribution is 6.00. The molecule has 1 N–H and O–H groups in total. The minimum absolute atomic E-state index is 0.0910. The van der Waals surface area contributed by atoms with Gasteiger partial charge in [-0.1, -0.05) is 52.0 Å². The third-order valence-corrected chi connectivity index (χ3v) is 8.61. The maximum absolute atomic E-state index is 14.5. The van der Waals surface area contributed by atoms with Gasteiger partial charge in [0.25, 0.3) is 0 Å². The van der Waals surface area contributed by atoms with Gasteiger partial charge in [-0.3, -0.25) is 14.4 Å². The first-order chi connectivity index (χ1) is 17.4. The first-order valence-corrected chi connectivity index (χ1v) is 14.0. The van der Waals surface area contributed by atoms with Crippen LogP contribution in [-0.4, -0.2) is 92.6 Å². The number of carbonyl (C=O) groups is 3. The number of carbonyl (C=O) groups excluding carboxylic acids is 3. The Balaban J connectivity index is 1.93. The largest absolute Gasteiger partial charge is 0.394 e.